The Morgan fingerprint density at radius 1 is 1.29 bits per heavy atom. The number of nitrogens with one attached hydrogen (secondary N) is 2. The molecule has 158 valence electrons. The first kappa shape index (κ1) is 22.3. The molecule has 2 heterocycles. The maximum atomic E-state index is 12.2. The van der Waals surface area contributed by atoms with Crippen molar-refractivity contribution in [2.75, 3.05) is 44.7 Å². The molecule has 0 spiro atoms. The largest absolute Gasteiger partial charge is 0.401 e. The zero-order valence-electron chi connectivity index (χ0n) is 16.6. The number of aromatic nitrogens is 1. The molecule has 0 atom stereocenters. The van der Waals surface area contributed by atoms with Gasteiger partial charge in [-0.15, -0.1) is 0 Å². The van der Waals surface area contributed by atoms with E-state index < -0.39 is 12.7 Å². The third-order valence-electron chi connectivity index (χ3n) is 4.82. The number of urea groups is 1. The van der Waals surface area contributed by atoms with Gasteiger partial charge < -0.3 is 15.5 Å². The van der Waals surface area contributed by atoms with Crippen molar-refractivity contribution < 1.29 is 18.0 Å². The molecule has 0 radical (unpaired) electrons. The van der Waals surface area contributed by atoms with Gasteiger partial charge in [0.15, 0.2) is 0 Å². The number of piperidine rings is 1. The fourth-order valence-corrected chi connectivity index (χ4v) is 3.13. The third kappa shape index (κ3) is 8.33. The predicted octanol–water partition coefficient (Wildman–Crippen LogP) is 3.00. The van der Waals surface area contributed by atoms with E-state index in [1.807, 2.05) is 12.1 Å². The third-order valence-corrected chi connectivity index (χ3v) is 4.82. The summed E-state index contributed by atoms with van der Waals surface area (Å²) in [4.78, 5) is 19.7. The lowest BCUT2D eigenvalue weighted by Gasteiger charge is -2.31. The summed E-state index contributed by atoms with van der Waals surface area (Å²) in [6, 6.07) is 3.58. The summed E-state index contributed by atoms with van der Waals surface area (Å²) >= 11 is 0. The number of hydrogen-bond acceptors (Lipinski definition) is 4. The standard InChI is InChI=1S/C19H30F3N5O/c1-15-6-10-27(11-7-15)17-5-4-16(12-24-17)13-25-18(28)23-8-3-9-26(2)14-19(20,21)22/h4-5,12,15H,3,6-11,13-14H2,1-2H3,(H2,23,25,28). The van der Waals surface area contributed by atoms with Gasteiger partial charge in [0, 0.05) is 32.4 Å². The Kier molecular flexibility index (Phi) is 8.35. The molecule has 1 aromatic rings. The molecule has 1 aliphatic heterocycles. The van der Waals surface area contributed by atoms with E-state index in [0.29, 0.717) is 19.5 Å². The number of amides is 2. The summed E-state index contributed by atoms with van der Waals surface area (Å²) in [6.45, 7) is 4.30. The first-order valence-corrected chi connectivity index (χ1v) is 9.70. The SMILES string of the molecule is CC1CCN(c2ccc(CNC(=O)NCCCN(C)CC(F)(F)F)cn2)CC1. The van der Waals surface area contributed by atoms with E-state index in [-0.39, 0.29) is 12.6 Å². The van der Waals surface area contributed by atoms with Gasteiger partial charge in [-0.25, -0.2) is 9.78 Å². The minimum absolute atomic E-state index is 0.264. The van der Waals surface area contributed by atoms with Crippen LogP contribution >= 0.6 is 0 Å². The molecule has 1 aromatic heterocycles. The second-order valence-corrected chi connectivity index (χ2v) is 7.51. The first-order valence-electron chi connectivity index (χ1n) is 9.70. The molecular weight excluding hydrogens is 371 g/mol. The molecule has 28 heavy (non-hydrogen) atoms. The molecule has 1 aliphatic rings. The normalized spacial score (nSPS) is 15.7. The van der Waals surface area contributed by atoms with Crippen molar-refractivity contribution in [3.8, 4) is 0 Å². The maximum absolute atomic E-state index is 12.2. The van der Waals surface area contributed by atoms with Crippen molar-refractivity contribution >= 4 is 11.8 Å². The maximum Gasteiger partial charge on any atom is 0.401 e. The second-order valence-electron chi connectivity index (χ2n) is 7.51. The molecular formula is C19H30F3N5O. The van der Waals surface area contributed by atoms with Crippen LogP contribution in [0.25, 0.3) is 0 Å². The number of hydrogen-bond donors (Lipinski definition) is 2. The van der Waals surface area contributed by atoms with Crippen LogP contribution in [0.4, 0.5) is 23.8 Å². The topological polar surface area (TPSA) is 60.5 Å². The predicted molar refractivity (Wildman–Crippen MR) is 103 cm³/mol. The Morgan fingerprint density at radius 3 is 2.61 bits per heavy atom. The molecule has 0 unspecified atom stereocenters. The number of alkyl halides is 3. The highest BCUT2D eigenvalue weighted by atomic mass is 19.4. The van der Waals surface area contributed by atoms with Crippen LogP contribution in [0.15, 0.2) is 18.3 Å². The number of nitrogens with zero attached hydrogens (tertiary/aromatic N) is 3. The van der Waals surface area contributed by atoms with Crippen molar-refractivity contribution in [2.24, 2.45) is 5.92 Å². The molecule has 0 aliphatic carbocycles. The molecule has 6 nitrogen and oxygen atoms in total. The number of anilines is 1. The van der Waals surface area contributed by atoms with Crippen molar-refractivity contribution in [1.82, 2.24) is 20.5 Å². The zero-order valence-corrected chi connectivity index (χ0v) is 16.6. The van der Waals surface area contributed by atoms with E-state index in [9.17, 15) is 18.0 Å². The zero-order chi connectivity index (χ0) is 20.6. The highest BCUT2D eigenvalue weighted by Crippen LogP contribution is 2.21. The summed E-state index contributed by atoms with van der Waals surface area (Å²) in [5.41, 5.74) is 0.897. The molecule has 1 fully saturated rings. The van der Waals surface area contributed by atoms with Gasteiger partial charge in [-0.05, 0) is 50.4 Å². The molecule has 0 aromatic carbocycles. The molecule has 2 rings (SSSR count). The lowest BCUT2D eigenvalue weighted by Crippen LogP contribution is -2.37. The van der Waals surface area contributed by atoms with Crippen LogP contribution in [0.1, 0.15) is 31.7 Å². The van der Waals surface area contributed by atoms with Gasteiger partial charge in [0.2, 0.25) is 0 Å². The van der Waals surface area contributed by atoms with E-state index in [1.54, 1.807) is 6.20 Å². The van der Waals surface area contributed by atoms with Gasteiger partial charge in [-0.2, -0.15) is 13.2 Å². The molecule has 0 saturated carbocycles. The molecule has 9 heteroatoms. The van der Waals surface area contributed by atoms with Crippen LogP contribution in [-0.4, -0.2) is 61.9 Å². The monoisotopic (exact) mass is 401 g/mol. The minimum Gasteiger partial charge on any atom is -0.357 e. The number of halogens is 3. The average Bonchev–Trinajstić information content (AvgIpc) is 2.63. The molecule has 1 saturated heterocycles. The highest BCUT2D eigenvalue weighted by Gasteiger charge is 2.28. The van der Waals surface area contributed by atoms with E-state index in [2.05, 4.69) is 27.4 Å². The lowest BCUT2D eigenvalue weighted by atomic mass is 9.99. The minimum atomic E-state index is -4.20. The van der Waals surface area contributed by atoms with E-state index in [1.165, 1.54) is 24.8 Å². The first-order chi connectivity index (χ1) is 13.2. The van der Waals surface area contributed by atoms with Crippen LogP contribution in [-0.2, 0) is 6.54 Å². The molecule has 2 N–H and O–H groups in total. The highest BCUT2D eigenvalue weighted by molar-refractivity contribution is 5.73. The van der Waals surface area contributed by atoms with Gasteiger partial charge in [0.25, 0.3) is 0 Å². The van der Waals surface area contributed by atoms with Gasteiger partial charge in [0.05, 0.1) is 6.54 Å². The Hall–Kier alpha value is -2.03. The van der Waals surface area contributed by atoms with Crippen LogP contribution < -0.4 is 15.5 Å². The van der Waals surface area contributed by atoms with Crippen molar-refractivity contribution in [3.63, 3.8) is 0 Å². The number of carbonyl (C=O) groups is 1. The Labute approximate surface area is 164 Å². The summed E-state index contributed by atoms with van der Waals surface area (Å²) in [7, 11) is 1.41. The van der Waals surface area contributed by atoms with Crippen molar-refractivity contribution in [3.05, 3.63) is 23.9 Å². The van der Waals surface area contributed by atoms with Gasteiger partial charge in [-0.3, -0.25) is 4.90 Å². The smallest absolute Gasteiger partial charge is 0.357 e. The van der Waals surface area contributed by atoms with Gasteiger partial charge in [0.1, 0.15) is 5.82 Å². The van der Waals surface area contributed by atoms with Crippen molar-refractivity contribution in [2.45, 2.75) is 38.9 Å². The second kappa shape index (κ2) is 10.5. The van der Waals surface area contributed by atoms with Crippen LogP contribution in [0, 0.1) is 5.92 Å². The quantitative estimate of drug-likeness (QED) is 0.658. The van der Waals surface area contributed by atoms with Crippen LogP contribution in [0.3, 0.4) is 0 Å². The average molecular weight is 401 g/mol. The molecule has 2 amide bonds. The van der Waals surface area contributed by atoms with Gasteiger partial charge >= 0.3 is 12.2 Å². The Bertz CT molecular complexity index is 601. The number of pyridine rings is 1. The van der Waals surface area contributed by atoms with Crippen LogP contribution in [0.2, 0.25) is 0 Å². The summed E-state index contributed by atoms with van der Waals surface area (Å²) < 4.78 is 36.7. The van der Waals surface area contributed by atoms with Crippen LogP contribution in [0.5, 0.6) is 0 Å². The Morgan fingerprint density at radius 2 is 2.00 bits per heavy atom. The van der Waals surface area contributed by atoms with Gasteiger partial charge in [-0.1, -0.05) is 13.0 Å². The number of carbonyl (C=O) groups excluding carboxylic acids is 1. The summed E-state index contributed by atoms with van der Waals surface area (Å²) in [5, 5.41) is 5.38. The van der Waals surface area contributed by atoms with E-state index >= 15 is 0 Å². The lowest BCUT2D eigenvalue weighted by molar-refractivity contribution is -0.143. The summed E-state index contributed by atoms with van der Waals surface area (Å²) in [5.74, 6) is 1.73. The van der Waals surface area contributed by atoms with E-state index in [4.69, 9.17) is 0 Å². The Balaban J connectivity index is 1.62. The summed E-state index contributed by atoms with van der Waals surface area (Å²) in [6.07, 6.45) is 0.369. The molecule has 0 bridgehead atoms. The fraction of sp³-hybridized carbons (Fsp3) is 0.684. The van der Waals surface area contributed by atoms with E-state index in [0.717, 1.165) is 30.4 Å². The fourth-order valence-electron chi connectivity index (χ4n) is 3.13. The van der Waals surface area contributed by atoms with Crippen molar-refractivity contribution in [1.29, 1.82) is 0 Å². The number of rotatable bonds is 8.